The first-order valence-corrected chi connectivity index (χ1v) is 6.83. The first-order chi connectivity index (χ1) is 9.04. The molecule has 1 aromatic rings. The summed E-state index contributed by atoms with van der Waals surface area (Å²) in [4.78, 5) is 21.6. The molecule has 0 atom stereocenters. The molecule has 1 aliphatic rings. The lowest BCUT2D eigenvalue weighted by Crippen LogP contribution is -2.34. The number of aromatic nitrogens is 2. The number of anilines is 1. The molecule has 0 aromatic carbocycles. The third kappa shape index (κ3) is 3.91. The van der Waals surface area contributed by atoms with Crippen LogP contribution in [0.5, 0.6) is 0 Å². The molecule has 0 saturated carbocycles. The lowest BCUT2D eigenvalue weighted by molar-refractivity contribution is -0.137. The number of nitrogens with zero attached hydrogens (tertiary/aromatic N) is 3. The van der Waals surface area contributed by atoms with Gasteiger partial charge in [-0.25, -0.2) is 9.97 Å². The number of aliphatic carboxylic acids is 1. The molecule has 0 spiro atoms. The van der Waals surface area contributed by atoms with Crippen LogP contribution in [0.25, 0.3) is 0 Å². The minimum atomic E-state index is -0.690. The molecule has 1 fully saturated rings. The summed E-state index contributed by atoms with van der Waals surface area (Å²) < 4.78 is 0. The van der Waals surface area contributed by atoms with Gasteiger partial charge in [0.2, 0.25) is 0 Å². The fourth-order valence-electron chi connectivity index (χ4n) is 2.64. The minimum absolute atomic E-state index is 0.288. The normalized spacial score (nSPS) is 16.6. The maximum atomic E-state index is 10.6. The van der Waals surface area contributed by atoms with E-state index in [0.717, 1.165) is 49.7 Å². The van der Waals surface area contributed by atoms with Crippen LogP contribution in [-0.4, -0.2) is 34.1 Å². The van der Waals surface area contributed by atoms with E-state index in [9.17, 15) is 4.79 Å². The van der Waals surface area contributed by atoms with Crippen LogP contribution < -0.4 is 4.90 Å². The van der Waals surface area contributed by atoms with E-state index in [2.05, 4.69) is 14.9 Å². The van der Waals surface area contributed by atoms with Crippen molar-refractivity contribution in [1.82, 2.24) is 9.97 Å². The van der Waals surface area contributed by atoms with Crippen LogP contribution in [0.15, 0.2) is 6.07 Å². The number of aryl methyl sites for hydroxylation is 2. The van der Waals surface area contributed by atoms with Gasteiger partial charge in [0, 0.05) is 31.3 Å². The molecule has 5 nitrogen and oxygen atoms in total. The molecule has 2 rings (SSSR count). The zero-order chi connectivity index (χ0) is 13.8. The molecule has 1 aromatic heterocycles. The molecule has 1 saturated heterocycles. The van der Waals surface area contributed by atoms with Gasteiger partial charge in [-0.05, 0) is 39.0 Å². The van der Waals surface area contributed by atoms with E-state index in [-0.39, 0.29) is 6.42 Å². The van der Waals surface area contributed by atoms with Crippen molar-refractivity contribution in [1.29, 1.82) is 0 Å². The molecule has 5 heteroatoms. The third-order valence-corrected chi connectivity index (χ3v) is 3.66. The predicted molar refractivity (Wildman–Crippen MR) is 73.3 cm³/mol. The molecule has 0 radical (unpaired) electrons. The number of hydrogen-bond donors (Lipinski definition) is 1. The fourth-order valence-corrected chi connectivity index (χ4v) is 2.64. The van der Waals surface area contributed by atoms with Gasteiger partial charge >= 0.3 is 5.97 Å². The summed E-state index contributed by atoms with van der Waals surface area (Å²) >= 11 is 0. The Morgan fingerprint density at radius 2 is 2.05 bits per heavy atom. The molecule has 2 heterocycles. The molecule has 0 aliphatic carbocycles. The van der Waals surface area contributed by atoms with Crippen LogP contribution in [0.1, 0.15) is 37.2 Å². The zero-order valence-electron chi connectivity index (χ0n) is 11.6. The van der Waals surface area contributed by atoms with Gasteiger partial charge in [0.1, 0.15) is 11.6 Å². The number of carboxylic acids is 1. The van der Waals surface area contributed by atoms with Gasteiger partial charge in [0.15, 0.2) is 0 Å². The predicted octanol–water partition coefficient (Wildman–Crippen LogP) is 2.17. The van der Waals surface area contributed by atoms with Gasteiger partial charge < -0.3 is 10.0 Å². The zero-order valence-corrected chi connectivity index (χ0v) is 11.6. The maximum absolute atomic E-state index is 10.6. The van der Waals surface area contributed by atoms with Gasteiger partial charge in [0.05, 0.1) is 0 Å². The second kappa shape index (κ2) is 5.99. The Labute approximate surface area is 113 Å². The second-order valence-electron chi connectivity index (χ2n) is 5.28. The Balaban J connectivity index is 1.90. The highest BCUT2D eigenvalue weighted by Gasteiger charge is 2.21. The van der Waals surface area contributed by atoms with Crippen molar-refractivity contribution in [2.75, 3.05) is 18.0 Å². The Kier molecular flexibility index (Phi) is 4.35. The molecule has 0 unspecified atom stereocenters. The highest BCUT2D eigenvalue weighted by atomic mass is 16.4. The Morgan fingerprint density at radius 3 is 2.63 bits per heavy atom. The summed E-state index contributed by atoms with van der Waals surface area (Å²) in [5, 5.41) is 8.71. The monoisotopic (exact) mass is 263 g/mol. The number of carboxylic acid groups (broad SMARTS) is 1. The van der Waals surface area contributed by atoms with E-state index >= 15 is 0 Å². The smallest absolute Gasteiger partial charge is 0.303 e. The van der Waals surface area contributed by atoms with Crippen molar-refractivity contribution in [2.24, 2.45) is 5.92 Å². The van der Waals surface area contributed by atoms with Crippen LogP contribution in [-0.2, 0) is 4.79 Å². The van der Waals surface area contributed by atoms with E-state index in [0.29, 0.717) is 5.92 Å². The fraction of sp³-hybridized carbons (Fsp3) is 0.643. The second-order valence-corrected chi connectivity index (χ2v) is 5.28. The largest absolute Gasteiger partial charge is 0.481 e. The van der Waals surface area contributed by atoms with Crippen LogP contribution in [0, 0.1) is 19.8 Å². The maximum Gasteiger partial charge on any atom is 0.303 e. The van der Waals surface area contributed by atoms with Crippen molar-refractivity contribution < 1.29 is 9.90 Å². The average molecular weight is 263 g/mol. The first-order valence-electron chi connectivity index (χ1n) is 6.83. The molecule has 0 amide bonds. The van der Waals surface area contributed by atoms with Gasteiger partial charge in [-0.2, -0.15) is 0 Å². The highest BCUT2D eigenvalue weighted by molar-refractivity contribution is 5.66. The number of rotatable bonds is 4. The van der Waals surface area contributed by atoms with Crippen LogP contribution in [0.2, 0.25) is 0 Å². The summed E-state index contributed by atoms with van der Waals surface area (Å²) in [6.07, 6.45) is 3.19. The van der Waals surface area contributed by atoms with E-state index < -0.39 is 5.97 Å². The lowest BCUT2D eigenvalue weighted by atomic mass is 9.92. The summed E-state index contributed by atoms with van der Waals surface area (Å²) in [5.41, 5.74) is 0.996. The standard InChI is InChI=1S/C14H21N3O2/c1-10-9-13(16-11(2)15-10)17-7-5-12(6-8-17)3-4-14(18)19/h9,12H,3-8H2,1-2H3,(H,18,19). The van der Waals surface area contributed by atoms with E-state index in [4.69, 9.17) is 5.11 Å². The molecule has 1 aliphatic heterocycles. The molecule has 0 bridgehead atoms. The highest BCUT2D eigenvalue weighted by Crippen LogP contribution is 2.25. The SMILES string of the molecule is Cc1cc(N2CCC(CCC(=O)O)CC2)nc(C)n1. The van der Waals surface area contributed by atoms with Crippen molar-refractivity contribution >= 4 is 11.8 Å². The number of hydrogen-bond acceptors (Lipinski definition) is 4. The minimum Gasteiger partial charge on any atom is -0.481 e. The Hall–Kier alpha value is -1.65. The van der Waals surface area contributed by atoms with Gasteiger partial charge in [-0.15, -0.1) is 0 Å². The van der Waals surface area contributed by atoms with Crippen molar-refractivity contribution in [3.8, 4) is 0 Å². The van der Waals surface area contributed by atoms with Crippen molar-refractivity contribution in [3.05, 3.63) is 17.6 Å². The van der Waals surface area contributed by atoms with E-state index in [1.165, 1.54) is 0 Å². The molecule has 1 N–H and O–H groups in total. The topological polar surface area (TPSA) is 66.3 Å². The van der Waals surface area contributed by atoms with Crippen molar-refractivity contribution in [2.45, 2.75) is 39.5 Å². The molecular weight excluding hydrogens is 242 g/mol. The summed E-state index contributed by atoms with van der Waals surface area (Å²) in [5.74, 6) is 1.66. The van der Waals surface area contributed by atoms with Crippen molar-refractivity contribution in [3.63, 3.8) is 0 Å². The first kappa shape index (κ1) is 13.8. The molecular formula is C14H21N3O2. The Bertz CT molecular complexity index is 434. The van der Waals surface area contributed by atoms with Gasteiger partial charge in [-0.1, -0.05) is 0 Å². The summed E-state index contributed by atoms with van der Waals surface area (Å²) in [6, 6.07) is 2.02. The van der Waals surface area contributed by atoms with E-state index in [1.807, 2.05) is 19.9 Å². The summed E-state index contributed by atoms with van der Waals surface area (Å²) in [7, 11) is 0. The average Bonchev–Trinajstić information content (AvgIpc) is 2.36. The quantitative estimate of drug-likeness (QED) is 0.901. The third-order valence-electron chi connectivity index (χ3n) is 3.66. The molecule has 19 heavy (non-hydrogen) atoms. The van der Waals surface area contributed by atoms with Crippen LogP contribution in [0.4, 0.5) is 5.82 Å². The van der Waals surface area contributed by atoms with Crippen LogP contribution >= 0.6 is 0 Å². The van der Waals surface area contributed by atoms with Crippen LogP contribution in [0.3, 0.4) is 0 Å². The van der Waals surface area contributed by atoms with Gasteiger partial charge in [0.25, 0.3) is 0 Å². The Morgan fingerprint density at radius 1 is 1.37 bits per heavy atom. The lowest BCUT2D eigenvalue weighted by Gasteiger charge is -2.32. The van der Waals surface area contributed by atoms with E-state index in [1.54, 1.807) is 0 Å². The number of piperidine rings is 1. The van der Waals surface area contributed by atoms with Gasteiger partial charge in [-0.3, -0.25) is 4.79 Å². The summed E-state index contributed by atoms with van der Waals surface area (Å²) in [6.45, 7) is 5.81. The number of carbonyl (C=O) groups is 1. The molecule has 104 valence electrons.